The zero-order valence-electron chi connectivity index (χ0n) is 9.50. The van der Waals surface area contributed by atoms with Gasteiger partial charge in [0.25, 0.3) is 5.56 Å². The van der Waals surface area contributed by atoms with Gasteiger partial charge in [0.15, 0.2) is 0 Å². The molecule has 1 aliphatic carbocycles. The lowest BCUT2D eigenvalue weighted by Crippen LogP contribution is -2.47. The number of aryl methyl sites for hydroxylation is 1. The van der Waals surface area contributed by atoms with Crippen LogP contribution in [0.25, 0.3) is 0 Å². The number of pyridine rings is 1. The van der Waals surface area contributed by atoms with Crippen molar-refractivity contribution in [1.82, 2.24) is 9.88 Å². The summed E-state index contributed by atoms with van der Waals surface area (Å²) in [6, 6.07) is 5.01. The maximum Gasteiger partial charge on any atom is 0.250 e. The van der Waals surface area contributed by atoms with Crippen molar-refractivity contribution >= 4 is 5.91 Å². The number of aliphatic hydroxyl groups excluding tert-OH is 1. The van der Waals surface area contributed by atoms with E-state index in [1.165, 1.54) is 10.6 Å². The monoisotopic (exact) mass is 236 g/mol. The van der Waals surface area contributed by atoms with E-state index in [9.17, 15) is 9.59 Å². The predicted molar refractivity (Wildman–Crippen MR) is 62.5 cm³/mol. The molecule has 0 aliphatic heterocycles. The Balaban J connectivity index is 1.77. The first-order valence-electron chi connectivity index (χ1n) is 5.78. The third-order valence-electron chi connectivity index (χ3n) is 2.96. The normalized spacial score (nSPS) is 22.9. The average molecular weight is 236 g/mol. The molecule has 17 heavy (non-hydrogen) atoms. The predicted octanol–water partition coefficient (Wildman–Crippen LogP) is -0.122. The van der Waals surface area contributed by atoms with Gasteiger partial charge in [0, 0.05) is 31.3 Å². The van der Waals surface area contributed by atoms with Crippen molar-refractivity contribution in [2.45, 2.75) is 38.0 Å². The summed E-state index contributed by atoms with van der Waals surface area (Å²) in [5, 5.41) is 11.9. The Morgan fingerprint density at radius 2 is 2.24 bits per heavy atom. The van der Waals surface area contributed by atoms with Gasteiger partial charge in [0.05, 0.1) is 6.10 Å². The van der Waals surface area contributed by atoms with Crippen molar-refractivity contribution in [2.75, 3.05) is 0 Å². The SMILES string of the molecule is O=C(CCn1ccccc1=O)NC1CC(O)C1. The lowest BCUT2D eigenvalue weighted by molar-refractivity contribution is -0.123. The van der Waals surface area contributed by atoms with Gasteiger partial charge in [-0.15, -0.1) is 0 Å². The molecule has 0 atom stereocenters. The molecule has 5 heteroatoms. The summed E-state index contributed by atoms with van der Waals surface area (Å²) in [5.74, 6) is -0.0716. The smallest absolute Gasteiger partial charge is 0.250 e. The fourth-order valence-corrected chi connectivity index (χ4v) is 1.87. The lowest BCUT2D eigenvalue weighted by atomic mass is 9.89. The highest BCUT2D eigenvalue weighted by Gasteiger charge is 2.27. The van der Waals surface area contributed by atoms with Crippen LogP contribution in [0.2, 0.25) is 0 Å². The second-order valence-electron chi connectivity index (χ2n) is 4.37. The van der Waals surface area contributed by atoms with Crippen LogP contribution >= 0.6 is 0 Å². The molecule has 1 aliphatic rings. The second-order valence-corrected chi connectivity index (χ2v) is 4.37. The molecule has 0 spiro atoms. The number of aliphatic hydroxyl groups is 1. The minimum absolute atomic E-state index is 0.0716. The van der Waals surface area contributed by atoms with Gasteiger partial charge < -0.3 is 15.0 Å². The first-order valence-corrected chi connectivity index (χ1v) is 5.78. The number of hydrogen-bond acceptors (Lipinski definition) is 3. The van der Waals surface area contributed by atoms with Crippen LogP contribution in [-0.2, 0) is 11.3 Å². The highest BCUT2D eigenvalue weighted by Crippen LogP contribution is 2.19. The molecule has 1 saturated carbocycles. The van der Waals surface area contributed by atoms with Crippen LogP contribution in [0.3, 0.4) is 0 Å². The van der Waals surface area contributed by atoms with Crippen LogP contribution in [0.5, 0.6) is 0 Å². The molecule has 0 bridgehead atoms. The number of amides is 1. The van der Waals surface area contributed by atoms with Crippen molar-refractivity contribution in [2.24, 2.45) is 0 Å². The molecule has 1 heterocycles. The second kappa shape index (κ2) is 5.14. The van der Waals surface area contributed by atoms with Crippen molar-refractivity contribution in [1.29, 1.82) is 0 Å². The molecule has 0 radical (unpaired) electrons. The molecule has 0 unspecified atom stereocenters. The highest BCUT2D eigenvalue weighted by atomic mass is 16.3. The average Bonchev–Trinajstić information content (AvgIpc) is 2.26. The van der Waals surface area contributed by atoms with E-state index in [2.05, 4.69) is 5.32 Å². The standard InChI is InChI=1S/C12H16N2O3/c15-10-7-9(8-10)13-11(16)4-6-14-5-2-1-3-12(14)17/h1-3,5,9-10,15H,4,6-8H2,(H,13,16). The number of hydrogen-bond donors (Lipinski definition) is 2. The van der Waals surface area contributed by atoms with Crippen LogP contribution in [0, 0.1) is 0 Å². The van der Waals surface area contributed by atoms with Gasteiger partial charge in [-0.3, -0.25) is 9.59 Å². The van der Waals surface area contributed by atoms with Crippen LogP contribution in [0.4, 0.5) is 0 Å². The third-order valence-corrected chi connectivity index (χ3v) is 2.96. The fourth-order valence-electron chi connectivity index (χ4n) is 1.87. The summed E-state index contributed by atoms with van der Waals surface area (Å²) in [4.78, 5) is 22.9. The molecular weight excluding hydrogens is 220 g/mol. The van der Waals surface area contributed by atoms with Crippen LogP contribution in [-0.4, -0.2) is 27.7 Å². The first-order chi connectivity index (χ1) is 8.15. The number of carbonyl (C=O) groups is 1. The molecule has 92 valence electrons. The summed E-state index contributed by atoms with van der Waals surface area (Å²) in [6.07, 6.45) is 2.96. The number of nitrogens with one attached hydrogen (secondary N) is 1. The first kappa shape index (κ1) is 11.9. The molecule has 0 aromatic carbocycles. The van der Waals surface area contributed by atoms with Gasteiger partial charge in [0.1, 0.15) is 0 Å². The van der Waals surface area contributed by atoms with E-state index in [0.29, 0.717) is 19.4 Å². The Morgan fingerprint density at radius 1 is 1.47 bits per heavy atom. The van der Waals surface area contributed by atoms with E-state index in [1.54, 1.807) is 18.3 Å². The molecule has 2 N–H and O–H groups in total. The molecule has 1 amide bonds. The number of aromatic nitrogens is 1. The quantitative estimate of drug-likeness (QED) is 0.765. The third kappa shape index (κ3) is 3.17. The van der Waals surface area contributed by atoms with E-state index in [0.717, 1.165) is 0 Å². The van der Waals surface area contributed by atoms with Gasteiger partial charge in [0.2, 0.25) is 5.91 Å². The Kier molecular flexibility index (Phi) is 3.58. The van der Waals surface area contributed by atoms with Gasteiger partial charge in [-0.1, -0.05) is 6.07 Å². The lowest BCUT2D eigenvalue weighted by Gasteiger charge is -2.31. The van der Waals surface area contributed by atoms with E-state index in [4.69, 9.17) is 5.11 Å². The van der Waals surface area contributed by atoms with Gasteiger partial charge in [-0.25, -0.2) is 0 Å². The molecule has 5 nitrogen and oxygen atoms in total. The molecule has 1 aromatic heterocycles. The van der Waals surface area contributed by atoms with E-state index in [1.807, 2.05) is 0 Å². The number of rotatable bonds is 4. The summed E-state index contributed by atoms with van der Waals surface area (Å²) in [6.45, 7) is 0.390. The zero-order chi connectivity index (χ0) is 12.3. The summed E-state index contributed by atoms with van der Waals surface area (Å²) >= 11 is 0. The van der Waals surface area contributed by atoms with Gasteiger partial charge in [-0.2, -0.15) is 0 Å². The Hall–Kier alpha value is -1.62. The van der Waals surface area contributed by atoms with Crippen molar-refractivity contribution in [3.05, 3.63) is 34.7 Å². The van der Waals surface area contributed by atoms with E-state index in [-0.39, 0.29) is 30.0 Å². The zero-order valence-corrected chi connectivity index (χ0v) is 9.50. The number of carbonyl (C=O) groups excluding carboxylic acids is 1. The van der Waals surface area contributed by atoms with Crippen molar-refractivity contribution in [3.8, 4) is 0 Å². The Morgan fingerprint density at radius 3 is 2.88 bits per heavy atom. The van der Waals surface area contributed by atoms with Gasteiger partial charge >= 0.3 is 0 Å². The van der Waals surface area contributed by atoms with Crippen LogP contribution < -0.4 is 10.9 Å². The molecule has 0 saturated heterocycles. The largest absolute Gasteiger partial charge is 0.393 e. The van der Waals surface area contributed by atoms with Crippen LogP contribution in [0.1, 0.15) is 19.3 Å². The molecule has 1 fully saturated rings. The fraction of sp³-hybridized carbons (Fsp3) is 0.500. The van der Waals surface area contributed by atoms with E-state index >= 15 is 0 Å². The van der Waals surface area contributed by atoms with Gasteiger partial charge in [-0.05, 0) is 18.9 Å². The van der Waals surface area contributed by atoms with E-state index < -0.39 is 0 Å². The minimum atomic E-state index is -0.267. The number of nitrogens with zero attached hydrogens (tertiary/aromatic N) is 1. The topological polar surface area (TPSA) is 71.3 Å². The summed E-state index contributed by atoms with van der Waals surface area (Å²) in [5.41, 5.74) is -0.0978. The summed E-state index contributed by atoms with van der Waals surface area (Å²) in [7, 11) is 0. The minimum Gasteiger partial charge on any atom is -0.393 e. The molecular formula is C12H16N2O3. The maximum atomic E-state index is 11.5. The summed E-state index contributed by atoms with van der Waals surface area (Å²) < 4.78 is 1.51. The van der Waals surface area contributed by atoms with Crippen molar-refractivity contribution in [3.63, 3.8) is 0 Å². The molecule has 2 rings (SSSR count). The Bertz CT molecular complexity index is 449. The highest BCUT2D eigenvalue weighted by molar-refractivity contribution is 5.76. The molecule has 1 aromatic rings. The Labute approximate surface area is 99.1 Å². The van der Waals surface area contributed by atoms with Crippen molar-refractivity contribution < 1.29 is 9.90 Å². The maximum absolute atomic E-state index is 11.5. The van der Waals surface area contributed by atoms with Crippen LogP contribution in [0.15, 0.2) is 29.2 Å².